The molecule has 0 N–H and O–H groups in total. The second-order valence-corrected chi connectivity index (χ2v) is 2.38. The summed E-state index contributed by atoms with van der Waals surface area (Å²) in [5.41, 5.74) is 0. The lowest BCUT2D eigenvalue weighted by atomic mass is 10.1. The van der Waals surface area contributed by atoms with Crippen LogP contribution in [0.3, 0.4) is 0 Å². The number of carbonyl (C=O) groups excluding carboxylic acids is 1. The Hall–Kier alpha value is -0.0800. The van der Waals surface area contributed by atoms with Crippen LogP contribution in [0, 0.1) is 0 Å². The third-order valence-corrected chi connectivity index (χ3v) is 1.44. The SMILES string of the molecule is CN1CCCC(=O)C1.Cl. The molecule has 0 amide bonds. The molecule has 0 aromatic heterocycles. The van der Waals surface area contributed by atoms with E-state index in [0.29, 0.717) is 12.3 Å². The fourth-order valence-corrected chi connectivity index (χ4v) is 1.01. The second kappa shape index (κ2) is 3.85. The molecule has 0 spiro atoms. The number of halogens is 1. The smallest absolute Gasteiger partial charge is 0.146 e. The lowest BCUT2D eigenvalue weighted by Crippen LogP contribution is -2.31. The average molecular weight is 150 g/mol. The Morgan fingerprint density at radius 1 is 1.56 bits per heavy atom. The van der Waals surface area contributed by atoms with Gasteiger partial charge in [0.05, 0.1) is 6.54 Å². The molecule has 54 valence electrons. The van der Waals surface area contributed by atoms with E-state index >= 15 is 0 Å². The molecule has 0 unspecified atom stereocenters. The van der Waals surface area contributed by atoms with E-state index in [1.807, 2.05) is 7.05 Å². The highest BCUT2D eigenvalue weighted by Gasteiger charge is 2.11. The van der Waals surface area contributed by atoms with E-state index in [9.17, 15) is 4.79 Å². The maximum Gasteiger partial charge on any atom is 0.146 e. The van der Waals surface area contributed by atoms with Crippen molar-refractivity contribution < 1.29 is 4.79 Å². The summed E-state index contributed by atoms with van der Waals surface area (Å²) in [6, 6.07) is 0. The highest BCUT2D eigenvalue weighted by Crippen LogP contribution is 2.01. The van der Waals surface area contributed by atoms with Gasteiger partial charge in [-0.05, 0) is 20.0 Å². The monoisotopic (exact) mass is 149 g/mol. The number of likely N-dealkylation sites (N-methyl/N-ethyl adjacent to an activating group) is 1. The summed E-state index contributed by atoms with van der Waals surface area (Å²) >= 11 is 0. The Morgan fingerprint density at radius 2 is 2.22 bits per heavy atom. The van der Waals surface area contributed by atoms with Crippen LogP contribution in [0.15, 0.2) is 0 Å². The van der Waals surface area contributed by atoms with Crippen molar-refractivity contribution in [3.8, 4) is 0 Å². The molecule has 1 aliphatic rings. The van der Waals surface area contributed by atoms with Gasteiger partial charge >= 0.3 is 0 Å². The van der Waals surface area contributed by atoms with Crippen LogP contribution in [0.1, 0.15) is 12.8 Å². The number of carbonyl (C=O) groups is 1. The van der Waals surface area contributed by atoms with Crippen LogP contribution in [0.2, 0.25) is 0 Å². The lowest BCUT2D eigenvalue weighted by molar-refractivity contribution is -0.121. The van der Waals surface area contributed by atoms with Crippen LogP contribution < -0.4 is 0 Å². The molecule has 0 aliphatic carbocycles. The van der Waals surface area contributed by atoms with Gasteiger partial charge in [-0.3, -0.25) is 9.69 Å². The van der Waals surface area contributed by atoms with Crippen molar-refractivity contribution in [1.29, 1.82) is 0 Å². The summed E-state index contributed by atoms with van der Waals surface area (Å²) < 4.78 is 0. The molecular weight excluding hydrogens is 138 g/mol. The molecule has 0 bridgehead atoms. The standard InChI is InChI=1S/C6H11NO.ClH/c1-7-4-2-3-6(8)5-7;/h2-5H2,1H3;1H. The van der Waals surface area contributed by atoms with Crippen molar-refractivity contribution in [1.82, 2.24) is 4.90 Å². The molecule has 0 radical (unpaired) electrons. The predicted molar refractivity (Wildman–Crippen MR) is 39.0 cm³/mol. The second-order valence-electron chi connectivity index (χ2n) is 2.38. The highest BCUT2D eigenvalue weighted by atomic mass is 35.5. The molecule has 2 nitrogen and oxygen atoms in total. The minimum Gasteiger partial charge on any atom is -0.299 e. The lowest BCUT2D eigenvalue weighted by Gasteiger charge is -2.19. The molecule has 1 heterocycles. The number of rotatable bonds is 0. The van der Waals surface area contributed by atoms with E-state index in [0.717, 1.165) is 19.4 Å². The van der Waals surface area contributed by atoms with Gasteiger partial charge in [0.25, 0.3) is 0 Å². The van der Waals surface area contributed by atoms with E-state index in [2.05, 4.69) is 4.90 Å². The minimum absolute atomic E-state index is 0. The molecule has 0 aromatic rings. The van der Waals surface area contributed by atoms with E-state index < -0.39 is 0 Å². The molecule has 1 saturated heterocycles. The van der Waals surface area contributed by atoms with E-state index in [-0.39, 0.29) is 12.4 Å². The van der Waals surface area contributed by atoms with Crippen LogP contribution >= 0.6 is 12.4 Å². The van der Waals surface area contributed by atoms with Gasteiger partial charge in [-0.15, -0.1) is 12.4 Å². The summed E-state index contributed by atoms with van der Waals surface area (Å²) in [5, 5.41) is 0. The number of likely N-dealkylation sites (tertiary alicyclic amines) is 1. The number of hydrogen-bond acceptors (Lipinski definition) is 2. The number of piperidine rings is 1. The zero-order valence-electron chi connectivity index (χ0n) is 5.59. The molecule has 1 fully saturated rings. The van der Waals surface area contributed by atoms with Crippen molar-refractivity contribution >= 4 is 18.2 Å². The van der Waals surface area contributed by atoms with Crippen LogP contribution in [-0.4, -0.2) is 30.8 Å². The van der Waals surface area contributed by atoms with Gasteiger partial charge in [0.15, 0.2) is 0 Å². The Balaban J connectivity index is 0.000000640. The normalized spacial score (nSPS) is 21.2. The summed E-state index contributed by atoms with van der Waals surface area (Å²) in [6.07, 6.45) is 1.85. The first-order valence-corrected chi connectivity index (χ1v) is 2.99. The molecule has 3 heteroatoms. The molecule has 9 heavy (non-hydrogen) atoms. The molecular formula is C6H12ClNO. The van der Waals surface area contributed by atoms with E-state index in [4.69, 9.17) is 0 Å². The molecule has 1 rings (SSSR count). The largest absolute Gasteiger partial charge is 0.299 e. The molecule has 0 atom stereocenters. The van der Waals surface area contributed by atoms with Gasteiger partial charge in [-0.2, -0.15) is 0 Å². The van der Waals surface area contributed by atoms with Crippen LogP contribution in [0.5, 0.6) is 0 Å². The molecule has 0 aromatic carbocycles. The van der Waals surface area contributed by atoms with Crippen LogP contribution in [0.25, 0.3) is 0 Å². The van der Waals surface area contributed by atoms with Gasteiger partial charge < -0.3 is 0 Å². The van der Waals surface area contributed by atoms with Crippen molar-refractivity contribution in [2.75, 3.05) is 20.1 Å². The van der Waals surface area contributed by atoms with Crippen molar-refractivity contribution in [3.63, 3.8) is 0 Å². The van der Waals surface area contributed by atoms with Crippen molar-refractivity contribution in [3.05, 3.63) is 0 Å². The fraction of sp³-hybridized carbons (Fsp3) is 0.833. The highest BCUT2D eigenvalue weighted by molar-refractivity contribution is 5.85. The summed E-state index contributed by atoms with van der Waals surface area (Å²) in [4.78, 5) is 12.7. The maximum absolute atomic E-state index is 10.6. The third-order valence-electron chi connectivity index (χ3n) is 1.44. The first-order valence-electron chi connectivity index (χ1n) is 2.99. The number of nitrogens with zero attached hydrogens (tertiary/aromatic N) is 1. The van der Waals surface area contributed by atoms with Crippen LogP contribution in [0.4, 0.5) is 0 Å². The predicted octanol–water partition coefficient (Wildman–Crippen LogP) is 0.703. The fourth-order valence-electron chi connectivity index (χ4n) is 1.01. The number of hydrogen-bond donors (Lipinski definition) is 0. The van der Waals surface area contributed by atoms with Gasteiger partial charge in [0, 0.05) is 6.42 Å². The number of ketones is 1. The quantitative estimate of drug-likeness (QED) is 0.506. The Kier molecular flexibility index (Phi) is 3.82. The minimum atomic E-state index is 0. The maximum atomic E-state index is 10.6. The summed E-state index contributed by atoms with van der Waals surface area (Å²) in [7, 11) is 1.98. The van der Waals surface area contributed by atoms with Gasteiger partial charge in [-0.25, -0.2) is 0 Å². The van der Waals surface area contributed by atoms with Gasteiger partial charge in [0.2, 0.25) is 0 Å². The third kappa shape index (κ3) is 2.82. The summed E-state index contributed by atoms with van der Waals surface area (Å²) in [5.74, 6) is 0.388. The van der Waals surface area contributed by atoms with Crippen molar-refractivity contribution in [2.24, 2.45) is 0 Å². The topological polar surface area (TPSA) is 20.3 Å². The Morgan fingerprint density at radius 3 is 2.56 bits per heavy atom. The van der Waals surface area contributed by atoms with E-state index in [1.165, 1.54) is 0 Å². The van der Waals surface area contributed by atoms with Gasteiger partial charge in [0.1, 0.15) is 5.78 Å². The zero-order valence-corrected chi connectivity index (χ0v) is 6.41. The summed E-state index contributed by atoms with van der Waals surface area (Å²) in [6.45, 7) is 1.76. The first kappa shape index (κ1) is 8.92. The average Bonchev–Trinajstić information content (AvgIpc) is 1.64. The Labute approximate surface area is 61.6 Å². The van der Waals surface area contributed by atoms with E-state index in [1.54, 1.807) is 0 Å². The first-order chi connectivity index (χ1) is 3.79. The van der Waals surface area contributed by atoms with Crippen LogP contribution in [-0.2, 0) is 4.79 Å². The number of Topliss-reactive ketones (excluding diaryl/α,β-unsaturated/α-hetero) is 1. The zero-order chi connectivity index (χ0) is 5.98. The van der Waals surface area contributed by atoms with Gasteiger partial charge in [-0.1, -0.05) is 0 Å². The Bertz CT molecular complexity index is 105. The molecule has 1 aliphatic heterocycles. The van der Waals surface area contributed by atoms with Crippen molar-refractivity contribution in [2.45, 2.75) is 12.8 Å². The molecule has 0 saturated carbocycles.